The highest BCUT2D eigenvalue weighted by Gasteiger charge is 2.17. The lowest BCUT2D eigenvalue weighted by atomic mass is 9.95. The Labute approximate surface area is 179 Å². The first-order chi connectivity index (χ1) is 15.0. The van der Waals surface area contributed by atoms with Crippen LogP contribution < -0.4 is 20.2 Å². The fourth-order valence-corrected chi connectivity index (χ4v) is 3.93. The van der Waals surface area contributed by atoms with Gasteiger partial charge < -0.3 is 24.3 Å². The van der Waals surface area contributed by atoms with Gasteiger partial charge in [-0.25, -0.2) is 0 Å². The van der Waals surface area contributed by atoms with Crippen molar-refractivity contribution >= 4 is 16.9 Å². The van der Waals surface area contributed by atoms with Crippen LogP contribution in [0.5, 0.6) is 17.2 Å². The molecule has 7 nitrogen and oxygen atoms in total. The van der Waals surface area contributed by atoms with Gasteiger partial charge in [-0.3, -0.25) is 9.59 Å². The number of carbonyl (C=O) groups excluding carboxylic acids is 1. The molecule has 1 fully saturated rings. The number of phenols is 1. The van der Waals surface area contributed by atoms with Gasteiger partial charge in [0.05, 0.1) is 12.7 Å². The molecule has 0 atom stereocenters. The average molecular weight is 423 g/mol. The highest BCUT2D eigenvalue weighted by atomic mass is 16.5. The molecule has 0 aliphatic heterocycles. The lowest BCUT2D eigenvalue weighted by Crippen LogP contribution is -2.38. The molecule has 2 N–H and O–H groups in total. The number of aromatic hydroxyl groups is 1. The third-order valence-electron chi connectivity index (χ3n) is 5.57. The van der Waals surface area contributed by atoms with Crippen LogP contribution in [-0.2, 0) is 4.79 Å². The zero-order chi connectivity index (χ0) is 21.8. The Kier molecular flexibility index (Phi) is 6.11. The van der Waals surface area contributed by atoms with E-state index in [0.29, 0.717) is 16.9 Å². The van der Waals surface area contributed by atoms with E-state index >= 15 is 0 Å². The summed E-state index contributed by atoms with van der Waals surface area (Å²) in [5.41, 5.74) is 0.803. The molecule has 0 bridgehead atoms. The summed E-state index contributed by atoms with van der Waals surface area (Å²) < 4.78 is 16.3. The summed E-state index contributed by atoms with van der Waals surface area (Å²) in [6.07, 6.45) is 6.80. The number of benzene rings is 2. The van der Waals surface area contributed by atoms with Crippen molar-refractivity contribution in [3.05, 3.63) is 52.9 Å². The molecule has 0 saturated heterocycles. The Hall–Kier alpha value is -3.48. The molecule has 1 amide bonds. The topological polar surface area (TPSA) is 98.0 Å². The Morgan fingerprint density at radius 2 is 1.87 bits per heavy atom. The molecule has 0 unspecified atom stereocenters. The van der Waals surface area contributed by atoms with Crippen molar-refractivity contribution in [3.63, 3.8) is 0 Å². The zero-order valence-corrected chi connectivity index (χ0v) is 17.3. The summed E-state index contributed by atoms with van der Waals surface area (Å²) >= 11 is 0. The van der Waals surface area contributed by atoms with Crippen LogP contribution in [0.2, 0.25) is 0 Å². The van der Waals surface area contributed by atoms with Crippen molar-refractivity contribution in [2.45, 2.75) is 38.1 Å². The van der Waals surface area contributed by atoms with Crippen LogP contribution in [0, 0.1) is 0 Å². The minimum absolute atomic E-state index is 0.0623. The molecule has 1 aromatic heterocycles. The molecule has 4 rings (SSSR count). The van der Waals surface area contributed by atoms with Gasteiger partial charge in [-0.15, -0.1) is 0 Å². The van der Waals surface area contributed by atoms with E-state index in [0.717, 1.165) is 25.7 Å². The summed E-state index contributed by atoms with van der Waals surface area (Å²) in [6.45, 7) is -0.171. The zero-order valence-electron chi connectivity index (χ0n) is 17.3. The van der Waals surface area contributed by atoms with E-state index in [1.54, 1.807) is 31.4 Å². The van der Waals surface area contributed by atoms with Gasteiger partial charge in [-0.05, 0) is 30.5 Å². The number of fused-ring (bicyclic) bond motifs is 1. The molecule has 1 aliphatic carbocycles. The van der Waals surface area contributed by atoms with Gasteiger partial charge in [0.15, 0.2) is 6.61 Å². The number of methoxy groups -OCH3 is 1. The molecule has 162 valence electrons. The first kappa shape index (κ1) is 20.8. The van der Waals surface area contributed by atoms with E-state index < -0.39 is 0 Å². The Bertz CT molecular complexity index is 1130. The van der Waals surface area contributed by atoms with Crippen molar-refractivity contribution in [2.75, 3.05) is 13.7 Å². The standard InChI is InChI=1S/C24H25NO6/c1-29-17-9-7-15(8-10-17)19-13-31-21-12-18(11-20(26)23(21)24(19)28)30-14-22(27)25-16-5-3-2-4-6-16/h7-13,16,26H,2-6,14H2,1H3,(H,25,27). The minimum atomic E-state index is -0.356. The van der Waals surface area contributed by atoms with Crippen LogP contribution in [0.3, 0.4) is 0 Å². The number of nitrogens with one attached hydrogen (secondary N) is 1. The number of rotatable bonds is 6. The summed E-state index contributed by atoms with van der Waals surface area (Å²) in [4.78, 5) is 25.1. The van der Waals surface area contributed by atoms with Gasteiger partial charge in [-0.1, -0.05) is 31.4 Å². The number of carbonyl (C=O) groups is 1. The van der Waals surface area contributed by atoms with Crippen molar-refractivity contribution in [2.24, 2.45) is 0 Å². The SMILES string of the molecule is COc1ccc(-c2coc3cc(OCC(=O)NC4CCCCC4)cc(O)c3c2=O)cc1. The summed E-state index contributed by atoms with van der Waals surface area (Å²) in [5, 5.41) is 13.5. The maximum absolute atomic E-state index is 12.9. The highest BCUT2D eigenvalue weighted by molar-refractivity contribution is 5.88. The summed E-state index contributed by atoms with van der Waals surface area (Å²) in [7, 11) is 1.57. The van der Waals surface area contributed by atoms with E-state index in [9.17, 15) is 14.7 Å². The van der Waals surface area contributed by atoms with Gasteiger partial charge in [0, 0.05) is 18.2 Å². The minimum Gasteiger partial charge on any atom is -0.507 e. The van der Waals surface area contributed by atoms with E-state index in [4.69, 9.17) is 13.9 Å². The first-order valence-electron chi connectivity index (χ1n) is 10.4. The predicted molar refractivity (Wildman–Crippen MR) is 117 cm³/mol. The molecule has 1 saturated carbocycles. The average Bonchev–Trinajstić information content (AvgIpc) is 2.78. The highest BCUT2D eigenvalue weighted by Crippen LogP contribution is 2.30. The summed E-state index contributed by atoms with van der Waals surface area (Å²) in [6, 6.07) is 10.0. The van der Waals surface area contributed by atoms with Crippen molar-refractivity contribution < 1.29 is 23.8 Å². The van der Waals surface area contributed by atoms with Crippen molar-refractivity contribution in [1.82, 2.24) is 5.32 Å². The number of phenolic OH excluding ortho intramolecular Hbond substituents is 1. The predicted octanol–water partition coefficient (Wildman–Crippen LogP) is 4.00. The Morgan fingerprint density at radius 3 is 2.58 bits per heavy atom. The van der Waals surface area contributed by atoms with Gasteiger partial charge in [0.25, 0.3) is 5.91 Å². The Morgan fingerprint density at radius 1 is 1.13 bits per heavy atom. The monoisotopic (exact) mass is 423 g/mol. The fraction of sp³-hybridized carbons (Fsp3) is 0.333. The molecule has 0 spiro atoms. The van der Waals surface area contributed by atoms with Crippen LogP contribution >= 0.6 is 0 Å². The summed E-state index contributed by atoms with van der Waals surface area (Å²) in [5.74, 6) is 0.460. The van der Waals surface area contributed by atoms with Crippen LogP contribution in [0.25, 0.3) is 22.1 Å². The normalized spacial score (nSPS) is 14.4. The molecule has 2 aromatic carbocycles. The number of ether oxygens (including phenoxy) is 2. The molecule has 1 heterocycles. The lowest BCUT2D eigenvalue weighted by Gasteiger charge is -2.22. The van der Waals surface area contributed by atoms with Crippen LogP contribution in [0.1, 0.15) is 32.1 Å². The van der Waals surface area contributed by atoms with E-state index in [-0.39, 0.29) is 46.5 Å². The van der Waals surface area contributed by atoms with Crippen LogP contribution in [0.15, 0.2) is 51.9 Å². The maximum atomic E-state index is 12.9. The Balaban J connectivity index is 1.52. The van der Waals surface area contributed by atoms with Gasteiger partial charge in [0.2, 0.25) is 5.43 Å². The van der Waals surface area contributed by atoms with Crippen molar-refractivity contribution in [1.29, 1.82) is 0 Å². The van der Waals surface area contributed by atoms with Gasteiger partial charge >= 0.3 is 0 Å². The first-order valence-corrected chi connectivity index (χ1v) is 10.4. The smallest absolute Gasteiger partial charge is 0.258 e. The van der Waals surface area contributed by atoms with Crippen molar-refractivity contribution in [3.8, 4) is 28.4 Å². The molecule has 1 aliphatic rings. The quantitative estimate of drug-likeness (QED) is 0.622. The van der Waals surface area contributed by atoms with Gasteiger partial charge in [-0.2, -0.15) is 0 Å². The van der Waals surface area contributed by atoms with E-state index in [2.05, 4.69) is 5.32 Å². The lowest BCUT2D eigenvalue weighted by molar-refractivity contribution is -0.124. The number of hydrogen-bond donors (Lipinski definition) is 2. The second-order valence-corrected chi connectivity index (χ2v) is 7.71. The maximum Gasteiger partial charge on any atom is 0.258 e. The van der Waals surface area contributed by atoms with E-state index in [1.165, 1.54) is 24.8 Å². The molecule has 31 heavy (non-hydrogen) atoms. The second kappa shape index (κ2) is 9.12. The molecular formula is C24H25NO6. The third-order valence-corrected chi connectivity index (χ3v) is 5.57. The van der Waals surface area contributed by atoms with Crippen LogP contribution in [0.4, 0.5) is 0 Å². The molecule has 7 heteroatoms. The molecular weight excluding hydrogens is 398 g/mol. The fourth-order valence-electron chi connectivity index (χ4n) is 3.93. The number of amides is 1. The molecule has 0 radical (unpaired) electrons. The third kappa shape index (κ3) is 4.66. The second-order valence-electron chi connectivity index (χ2n) is 7.71. The number of hydrogen-bond acceptors (Lipinski definition) is 6. The van der Waals surface area contributed by atoms with E-state index in [1.807, 2.05) is 0 Å². The largest absolute Gasteiger partial charge is 0.507 e. The molecule has 3 aromatic rings. The van der Waals surface area contributed by atoms with Gasteiger partial charge in [0.1, 0.15) is 34.5 Å². The van der Waals surface area contributed by atoms with Crippen LogP contribution in [-0.4, -0.2) is 30.8 Å².